The summed E-state index contributed by atoms with van der Waals surface area (Å²) in [4.78, 5) is 2.50. The number of halogens is 2. The van der Waals surface area contributed by atoms with Crippen LogP contribution in [0.5, 0.6) is 5.75 Å². The van der Waals surface area contributed by atoms with Crippen molar-refractivity contribution in [2.24, 2.45) is 0 Å². The first-order valence-corrected chi connectivity index (χ1v) is 9.39. The quantitative estimate of drug-likeness (QED) is 0.754. The van der Waals surface area contributed by atoms with Gasteiger partial charge in [-0.05, 0) is 23.8 Å². The molecule has 0 aromatic heterocycles. The minimum absolute atomic E-state index is 0.274. The molecule has 0 amide bonds. The van der Waals surface area contributed by atoms with Gasteiger partial charge < -0.3 is 10.1 Å². The number of hydrogen-bond acceptors (Lipinski definition) is 3. The molecule has 1 aliphatic heterocycles. The van der Waals surface area contributed by atoms with Gasteiger partial charge in [0.15, 0.2) is 0 Å². The highest BCUT2D eigenvalue weighted by molar-refractivity contribution is 9.11. The van der Waals surface area contributed by atoms with Crippen LogP contribution < -0.4 is 10.1 Å². The Labute approximate surface area is 154 Å². The zero-order valence-corrected chi connectivity index (χ0v) is 16.0. The summed E-state index contributed by atoms with van der Waals surface area (Å²) in [5, 5.41) is 3.41. The molecule has 122 valence electrons. The van der Waals surface area contributed by atoms with E-state index in [1.807, 2.05) is 18.2 Å². The molecule has 23 heavy (non-hydrogen) atoms. The van der Waals surface area contributed by atoms with Crippen molar-refractivity contribution in [1.82, 2.24) is 10.2 Å². The maximum Gasteiger partial charge on any atom is 0.121 e. The second kappa shape index (κ2) is 8.29. The maximum absolute atomic E-state index is 6.12. The Balaban J connectivity index is 1.75. The average molecular weight is 440 g/mol. The van der Waals surface area contributed by atoms with Crippen LogP contribution in [0.4, 0.5) is 0 Å². The molecule has 0 unspecified atom stereocenters. The Morgan fingerprint density at radius 2 is 1.65 bits per heavy atom. The molecule has 5 heteroatoms. The normalized spacial score (nSPS) is 17.0. The van der Waals surface area contributed by atoms with Crippen molar-refractivity contribution in [2.45, 2.75) is 6.04 Å². The fourth-order valence-corrected chi connectivity index (χ4v) is 4.12. The smallest absolute Gasteiger partial charge is 0.121 e. The van der Waals surface area contributed by atoms with Crippen molar-refractivity contribution in [3.05, 3.63) is 63.0 Å². The first-order chi connectivity index (χ1) is 11.2. The number of ether oxygens (including phenoxy) is 1. The molecule has 2 aromatic carbocycles. The molecule has 2 aromatic rings. The van der Waals surface area contributed by atoms with Gasteiger partial charge in [-0.1, -0.05) is 62.2 Å². The van der Waals surface area contributed by atoms with E-state index >= 15 is 0 Å². The van der Waals surface area contributed by atoms with E-state index in [9.17, 15) is 0 Å². The molecule has 3 rings (SSSR count). The zero-order chi connectivity index (χ0) is 16.1. The molecule has 3 nitrogen and oxygen atoms in total. The summed E-state index contributed by atoms with van der Waals surface area (Å²) < 4.78 is 8.14. The lowest BCUT2D eigenvalue weighted by molar-refractivity contribution is 0.121. The van der Waals surface area contributed by atoms with Gasteiger partial charge in [0.05, 0.1) is 6.04 Å². The van der Waals surface area contributed by atoms with Crippen LogP contribution in [-0.4, -0.2) is 37.7 Å². The standard InChI is InChI=1S/C18H20Br2N2O/c19-15-10-16(20)12-17(11-15)23-13-18(14-4-2-1-3-5-14)22-8-6-21-7-9-22/h1-5,10-12,18,21H,6-9,13H2/t18-/m1/s1. The molecule has 1 saturated heterocycles. The first-order valence-electron chi connectivity index (χ1n) is 7.81. The Bertz CT molecular complexity index is 610. The number of benzene rings is 2. The van der Waals surface area contributed by atoms with Crippen LogP contribution in [0.1, 0.15) is 11.6 Å². The van der Waals surface area contributed by atoms with E-state index in [-0.39, 0.29) is 6.04 Å². The summed E-state index contributed by atoms with van der Waals surface area (Å²) in [5.41, 5.74) is 1.31. The van der Waals surface area contributed by atoms with Crippen molar-refractivity contribution < 1.29 is 4.74 Å². The molecule has 1 heterocycles. The van der Waals surface area contributed by atoms with Gasteiger partial charge >= 0.3 is 0 Å². The van der Waals surface area contributed by atoms with Crippen LogP contribution in [0.15, 0.2) is 57.5 Å². The molecule has 1 N–H and O–H groups in total. The first kappa shape index (κ1) is 17.0. The van der Waals surface area contributed by atoms with Crippen LogP contribution >= 0.6 is 31.9 Å². The lowest BCUT2D eigenvalue weighted by Gasteiger charge is -2.35. The van der Waals surface area contributed by atoms with Gasteiger partial charge in [0.2, 0.25) is 0 Å². The highest BCUT2D eigenvalue weighted by Crippen LogP contribution is 2.27. The van der Waals surface area contributed by atoms with Crippen molar-refractivity contribution in [3.63, 3.8) is 0 Å². The van der Waals surface area contributed by atoms with Crippen LogP contribution in [0.2, 0.25) is 0 Å². The van der Waals surface area contributed by atoms with Gasteiger partial charge in [-0.15, -0.1) is 0 Å². The van der Waals surface area contributed by atoms with Crippen molar-refractivity contribution >= 4 is 31.9 Å². The third-order valence-electron chi connectivity index (χ3n) is 4.02. The molecular weight excluding hydrogens is 420 g/mol. The molecule has 0 spiro atoms. The largest absolute Gasteiger partial charge is 0.492 e. The summed E-state index contributed by atoms with van der Waals surface area (Å²) in [5.74, 6) is 0.877. The Morgan fingerprint density at radius 1 is 1.00 bits per heavy atom. The SMILES string of the molecule is Brc1cc(Br)cc(OC[C@H](c2ccccc2)N2CCNCC2)c1. The predicted molar refractivity (Wildman–Crippen MR) is 101 cm³/mol. The number of hydrogen-bond donors (Lipinski definition) is 1. The predicted octanol–water partition coefficient (Wildman–Crippen LogP) is 4.24. The summed E-state index contributed by atoms with van der Waals surface area (Å²) in [6.45, 7) is 4.81. The molecule has 0 radical (unpaired) electrons. The van der Waals surface area contributed by atoms with Crippen molar-refractivity contribution in [2.75, 3.05) is 32.8 Å². The number of rotatable bonds is 5. The molecule has 1 fully saturated rings. The van der Waals surface area contributed by atoms with Gasteiger partial charge in [0.1, 0.15) is 12.4 Å². The molecule has 1 aliphatic rings. The van der Waals surface area contributed by atoms with Gasteiger partial charge in [-0.2, -0.15) is 0 Å². The van der Waals surface area contributed by atoms with Crippen LogP contribution in [0, 0.1) is 0 Å². The van der Waals surface area contributed by atoms with E-state index in [1.165, 1.54) is 5.56 Å². The van der Waals surface area contributed by atoms with E-state index in [2.05, 4.69) is 72.4 Å². The molecular formula is C18H20Br2N2O. The number of nitrogens with zero attached hydrogens (tertiary/aromatic N) is 1. The molecule has 0 aliphatic carbocycles. The monoisotopic (exact) mass is 438 g/mol. The van der Waals surface area contributed by atoms with Gasteiger partial charge in [-0.3, -0.25) is 4.90 Å². The fourth-order valence-electron chi connectivity index (χ4n) is 2.87. The second-order valence-electron chi connectivity index (χ2n) is 5.63. The topological polar surface area (TPSA) is 24.5 Å². The van der Waals surface area contributed by atoms with E-state index in [0.717, 1.165) is 40.9 Å². The van der Waals surface area contributed by atoms with Crippen LogP contribution in [0.3, 0.4) is 0 Å². The minimum Gasteiger partial charge on any atom is -0.492 e. The zero-order valence-electron chi connectivity index (χ0n) is 12.8. The Kier molecular flexibility index (Phi) is 6.11. The average Bonchev–Trinajstić information content (AvgIpc) is 2.56. The molecule has 0 saturated carbocycles. The third-order valence-corrected chi connectivity index (χ3v) is 4.94. The maximum atomic E-state index is 6.12. The van der Waals surface area contributed by atoms with Crippen LogP contribution in [0.25, 0.3) is 0 Å². The Hall–Kier alpha value is -0.880. The highest BCUT2D eigenvalue weighted by atomic mass is 79.9. The van der Waals surface area contributed by atoms with Crippen LogP contribution in [-0.2, 0) is 0 Å². The van der Waals surface area contributed by atoms with E-state index in [1.54, 1.807) is 0 Å². The summed E-state index contributed by atoms with van der Waals surface area (Å²) in [6.07, 6.45) is 0. The summed E-state index contributed by atoms with van der Waals surface area (Å²) in [6, 6.07) is 16.9. The lowest BCUT2D eigenvalue weighted by Crippen LogP contribution is -2.46. The summed E-state index contributed by atoms with van der Waals surface area (Å²) >= 11 is 7.03. The van der Waals surface area contributed by atoms with E-state index < -0.39 is 0 Å². The summed E-state index contributed by atoms with van der Waals surface area (Å²) in [7, 11) is 0. The lowest BCUT2D eigenvalue weighted by atomic mass is 10.1. The minimum atomic E-state index is 0.274. The fraction of sp³-hybridized carbons (Fsp3) is 0.333. The number of nitrogens with one attached hydrogen (secondary N) is 1. The van der Waals surface area contributed by atoms with Gasteiger partial charge in [0, 0.05) is 35.1 Å². The molecule has 0 bridgehead atoms. The van der Waals surface area contributed by atoms with E-state index in [0.29, 0.717) is 6.61 Å². The molecule has 1 atom stereocenters. The second-order valence-corrected chi connectivity index (χ2v) is 7.46. The number of piperazine rings is 1. The highest BCUT2D eigenvalue weighted by Gasteiger charge is 2.22. The van der Waals surface area contributed by atoms with Crippen molar-refractivity contribution in [1.29, 1.82) is 0 Å². The third kappa shape index (κ3) is 4.80. The Morgan fingerprint density at radius 3 is 2.30 bits per heavy atom. The van der Waals surface area contributed by atoms with E-state index in [4.69, 9.17) is 4.74 Å². The van der Waals surface area contributed by atoms with Gasteiger partial charge in [0.25, 0.3) is 0 Å². The van der Waals surface area contributed by atoms with Gasteiger partial charge in [-0.25, -0.2) is 0 Å². The van der Waals surface area contributed by atoms with Crippen molar-refractivity contribution in [3.8, 4) is 5.75 Å².